The number of hydrogen-bond acceptors (Lipinski definition) is 6. The van der Waals surface area contributed by atoms with Gasteiger partial charge in [0.2, 0.25) is 0 Å². The first-order chi connectivity index (χ1) is 7.31. The van der Waals surface area contributed by atoms with Crippen LogP contribution >= 0.6 is 11.8 Å². The second-order valence-electron chi connectivity index (χ2n) is 4.30. The number of aromatic nitrogens is 2. The smallest absolute Gasteiger partial charge is 0.191 e. The van der Waals surface area contributed by atoms with Crippen LogP contribution in [-0.4, -0.2) is 26.4 Å². The van der Waals surface area contributed by atoms with Gasteiger partial charge in [-0.05, 0) is 12.8 Å². The van der Waals surface area contributed by atoms with Crippen LogP contribution < -0.4 is 11.5 Å². The van der Waals surface area contributed by atoms with Gasteiger partial charge in [-0.25, -0.2) is 9.97 Å². The molecule has 6 heteroatoms. The number of aliphatic hydroxyl groups is 1. The molecule has 1 unspecified atom stereocenters. The molecule has 1 rings (SSSR count). The molecule has 0 spiro atoms. The van der Waals surface area contributed by atoms with Gasteiger partial charge in [0.25, 0.3) is 0 Å². The quantitative estimate of drug-likeness (QED) is 0.541. The molecule has 90 valence electrons. The maximum absolute atomic E-state index is 10.1. The largest absolute Gasteiger partial charge is 0.389 e. The summed E-state index contributed by atoms with van der Waals surface area (Å²) in [5, 5.41) is 10.6. The Balaban J connectivity index is 2.68. The number of thioether (sulfide) groups is 1. The first-order valence-electron chi connectivity index (χ1n) is 5.06. The van der Waals surface area contributed by atoms with Crippen LogP contribution in [-0.2, 0) is 0 Å². The molecular formula is C10H18N4OS. The van der Waals surface area contributed by atoms with E-state index in [1.165, 1.54) is 17.8 Å². The lowest BCUT2D eigenvalue weighted by Gasteiger charge is -2.26. The van der Waals surface area contributed by atoms with E-state index in [0.29, 0.717) is 22.5 Å². The number of anilines is 2. The van der Waals surface area contributed by atoms with Crippen molar-refractivity contribution in [3.05, 3.63) is 6.07 Å². The lowest BCUT2D eigenvalue weighted by molar-refractivity contribution is 0.0376. The molecule has 0 aliphatic rings. The van der Waals surface area contributed by atoms with Crippen LogP contribution in [0.2, 0.25) is 0 Å². The molecule has 1 aromatic heterocycles. The van der Waals surface area contributed by atoms with E-state index < -0.39 is 5.60 Å². The Hall–Kier alpha value is -1.01. The molecule has 0 aromatic carbocycles. The minimum Gasteiger partial charge on any atom is -0.389 e. The van der Waals surface area contributed by atoms with Crippen LogP contribution in [0, 0.1) is 5.92 Å². The van der Waals surface area contributed by atoms with Crippen LogP contribution in [0.3, 0.4) is 0 Å². The van der Waals surface area contributed by atoms with Gasteiger partial charge in [0.15, 0.2) is 5.16 Å². The van der Waals surface area contributed by atoms with E-state index in [1.54, 1.807) is 6.92 Å². The molecule has 5 N–H and O–H groups in total. The normalized spacial score (nSPS) is 15.1. The van der Waals surface area contributed by atoms with Crippen molar-refractivity contribution < 1.29 is 5.11 Å². The van der Waals surface area contributed by atoms with Gasteiger partial charge in [0.05, 0.1) is 5.60 Å². The highest BCUT2D eigenvalue weighted by Crippen LogP contribution is 2.25. The van der Waals surface area contributed by atoms with Crippen LogP contribution in [0.15, 0.2) is 11.2 Å². The van der Waals surface area contributed by atoms with Crippen LogP contribution in [0.5, 0.6) is 0 Å². The van der Waals surface area contributed by atoms with Crippen molar-refractivity contribution in [3.63, 3.8) is 0 Å². The van der Waals surface area contributed by atoms with Gasteiger partial charge in [-0.1, -0.05) is 25.6 Å². The predicted molar refractivity (Wildman–Crippen MR) is 67.0 cm³/mol. The second-order valence-corrected chi connectivity index (χ2v) is 5.24. The average molecular weight is 242 g/mol. The molecule has 0 fully saturated rings. The molecule has 0 aliphatic carbocycles. The highest BCUT2D eigenvalue weighted by Gasteiger charge is 2.25. The zero-order valence-electron chi connectivity index (χ0n) is 9.77. The fraction of sp³-hybridized carbons (Fsp3) is 0.600. The fourth-order valence-corrected chi connectivity index (χ4v) is 2.00. The molecule has 0 saturated heterocycles. The summed E-state index contributed by atoms with van der Waals surface area (Å²) in [4.78, 5) is 8.07. The van der Waals surface area contributed by atoms with E-state index in [2.05, 4.69) is 9.97 Å². The van der Waals surface area contributed by atoms with Crippen molar-refractivity contribution in [3.8, 4) is 0 Å². The van der Waals surface area contributed by atoms with E-state index in [9.17, 15) is 5.11 Å². The Kier molecular flexibility index (Phi) is 3.98. The number of hydrogen-bond donors (Lipinski definition) is 3. The summed E-state index contributed by atoms with van der Waals surface area (Å²) in [7, 11) is 0. The van der Waals surface area contributed by atoms with Crippen molar-refractivity contribution in [1.29, 1.82) is 0 Å². The summed E-state index contributed by atoms with van der Waals surface area (Å²) < 4.78 is 0. The maximum atomic E-state index is 10.1. The molecule has 0 radical (unpaired) electrons. The van der Waals surface area contributed by atoms with E-state index in [1.807, 2.05) is 13.8 Å². The summed E-state index contributed by atoms with van der Waals surface area (Å²) in [6.07, 6.45) is 0. The third kappa shape index (κ3) is 3.53. The van der Waals surface area contributed by atoms with Gasteiger partial charge in [-0.15, -0.1) is 0 Å². The minimum atomic E-state index is -0.757. The number of nitrogen functional groups attached to an aromatic ring is 2. The summed E-state index contributed by atoms with van der Waals surface area (Å²) in [5.41, 5.74) is 10.3. The summed E-state index contributed by atoms with van der Waals surface area (Å²) >= 11 is 1.35. The van der Waals surface area contributed by atoms with Gasteiger partial charge >= 0.3 is 0 Å². The standard InChI is InChI=1S/C10H18N4OS/c1-6(2)10(3,15)5-16-9-13-7(11)4-8(12)14-9/h4,6,15H,5H2,1-3H3,(H4,11,12,13,14). The summed E-state index contributed by atoms with van der Waals surface area (Å²) in [5.74, 6) is 1.37. The van der Waals surface area contributed by atoms with Gasteiger partial charge in [-0.2, -0.15) is 0 Å². The van der Waals surface area contributed by atoms with Crippen LogP contribution in [0.4, 0.5) is 11.6 Å². The zero-order valence-corrected chi connectivity index (χ0v) is 10.6. The molecule has 0 aliphatic heterocycles. The Morgan fingerprint density at radius 1 is 1.38 bits per heavy atom. The lowest BCUT2D eigenvalue weighted by Crippen LogP contribution is -2.33. The Morgan fingerprint density at radius 3 is 2.31 bits per heavy atom. The molecule has 0 amide bonds. The SMILES string of the molecule is CC(C)C(C)(O)CSc1nc(N)cc(N)n1. The van der Waals surface area contributed by atoms with E-state index in [4.69, 9.17) is 11.5 Å². The minimum absolute atomic E-state index is 0.165. The third-order valence-electron chi connectivity index (χ3n) is 2.48. The number of nitrogens with zero attached hydrogens (tertiary/aromatic N) is 2. The fourth-order valence-electron chi connectivity index (χ4n) is 0.904. The number of rotatable bonds is 4. The first kappa shape index (κ1) is 13.1. The van der Waals surface area contributed by atoms with Crippen LogP contribution in [0.25, 0.3) is 0 Å². The monoisotopic (exact) mass is 242 g/mol. The van der Waals surface area contributed by atoms with E-state index in [0.717, 1.165) is 0 Å². The highest BCUT2D eigenvalue weighted by atomic mass is 32.2. The molecule has 1 heterocycles. The summed E-state index contributed by atoms with van der Waals surface area (Å²) in [6.45, 7) is 5.73. The Labute approximate surface area is 99.7 Å². The predicted octanol–water partition coefficient (Wildman–Crippen LogP) is 1.14. The molecule has 1 atom stereocenters. The second kappa shape index (κ2) is 4.88. The molecule has 16 heavy (non-hydrogen) atoms. The van der Waals surface area contributed by atoms with Gasteiger partial charge in [-0.3, -0.25) is 0 Å². The van der Waals surface area contributed by atoms with Crippen molar-refractivity contribution >= 4 is 23.4 Å². The highest BCUT2D eigenvalue weighted by molar-refractivity contribution is 7.99. The van der Waals surface area contributed by atoms with Crippen molar-refractivity contribution in [2.75, 3.05) is 17.2 Å². The van der Waals surface area contributed by atoms with E-state index >= 15 is 0 Å². The lowest BCUT2D eigenvalue weighted by atomic mass is 9.95. The van der Waals surface area contributed by atoms with Crippen molar-refractivity contribution in [1.82, 2.24) is 9.97 Å². The topological polar surface area (TPSA) is 98.0 Å². The molecular weight excluding hydrogens is 224 g/mol. The van der Waals surface area contributed by atoms with E-state index in [-0.39, 0.29) is 5.92 Å². The first-order valence-corrected chi connectivity index (χ1v) is 6.05. The average Bonchev–Trinajstić information content (AvgIpc) is 2.13. The van der Waals surface area contributed by atoms with Crippen molar-refractivity contribution in [2.45, 2.75) is 31.5 Å². The van der Waals surface area contributed by atoms with Gasteiger partial charge < -0.3 is 16.6 Å². The number of nitrogens with two attached hydrogens (primary N) is 2. The van der Waals surface area contributed by atoms with Gasteiger partial charge in [0, 0.05) is 11.8 Å². The molecule has 5 nitrogen and oxygen atoms in total. The molecule has 1 aromatic rings. The Morgan fingerprint density at radius 2 is 1.88 bits per heavy atom. The Bertz CT molecular complexity index is 348. The molecule has 0 saturated carbocycles. The maximum Gasteiger partial charge on any atom is 0.191 e. The van der Waals surface area contributed by atoms with Crippen molar-refractivity contribution in [2.24, 2.45) is 5.92 Å². The van der Waals surface area contributed by atoms with Crippen LogP contribution in [0.1, 0.15) is 20.8 Å². The zero-order chi connectivity index (χ0) is 12.3. The molecule has 0 bridgehead atoms. The third-order valence-corrected chi connectivity index (χ3v) is 3.65. The summed E-state index contributed by atoms with van der Waals surface area (Å²) in [6, 6.07) is 1.50. The van der Waals surface area contributed by atoms with Gasteiger partial charge in [0.1, 0.15) is 11.6 Å².